The van der Waals surface area contributed by atoms with Gasteiger partial charge in [-0.15, -0.1) is 6.58 Å². The first-order valence-corrected chi connectivity index (χ1v) is 4.97. The number of ether oxygens (including phenoxy) is 1. The van der Waals surface area contributed by atoms with Gasteiger partial charge in [0.1, 0.15) is 6.04 Å². The highest BCUT2D eigenvalue weighted by Crippen LogP contribution is 2.20. The fourth-order valence-corrected chi connectivity index (χ4v) is 1.38. The molecule has 3 nitrogen and oxygen atoms in total. The number of benzene rings is 1. The van der Waals surface area contributed by atoms with Crippen molar-refractivity contribution >= 4 is 5.97 Å². The van der Waals surface area contributed by atoms with Gasteiger partial charge in [0.25, 0.3) is 0 Å². The monoisotopic (exact) mass is 241 g/mol. The lowest BCUT2D eigenvalue weighted by molar-refractivity contribution is -0.143. The van der Waals surface area contributed by atoms with Gasteiger partial charge in [-0.2, -0.15) is 0 Å². The van der Waals surface area contributed by atoms with E-state index >= 15 is 0 Å². The molecule has 0 aliphatic carbocycles. The Hall–Kier alpha value is -1.75. The van der Waals surface area contributed by atoms with Crippen LogP contribution in [-0.2, 0) is 9.53 Å². The Morgan fingerprint density at radius 1 is 1.59 bits per heavy atom. The molecule has 0 amide bonds. The van der Waals surface area contributed by atoms with Crippen molar-refractivity contribution < 1.29 is 18.3 Å². The molecular formula is C12H13F2NO2. The first kappa shape index (κ1) is 13.3. The number of halogens is 2. The van der Waals surface area contributed by atoms with Gasteiger partial charge in [0, 0.05) is 12.1 Å². The second kappa shape index (κ2) is 6.10. The van der Waals surface area contributed by atoms with Crippen molar-refractivity contribution in [2.45, 2.75) is 6.04 Å². The zero-order valence-electron chi connectivity index (χ0n) is 9.37. The lowest BCUT2D eigenvalue weighted by Gasteiger charge is -2.16. The minimum absolute atomic E-state index is 0.0845. The molecule has 0 spiro atoms. The lowest BCUT2D eigenvalue weighted by Crippen LogP contribution is -2.30. The Kier molecular flexibility index (Phi) is 4.78. The van der Waals surface area contributed by atoms with E-state index in [0.717, 1.165) is 6.07 Å². The molecule has 1 N–H and O–H groups in total. The van der Waals surface area contributed by atoms with Crippen LogP contribution in [0.2, 0.25) is 0 Å². The Morgan fingerprint density at radius 3 is 2.88 bits per heavy atom. The summed E-state index contributed by atoms with van der Waals surface area (Å²) in [6.07, 6.45) is 1.51. The maximum atomic E-state index is 13.5. The van der Waals surface area contributed by atoms with Gasteiger partial charge >= 0.3 is 5.97 Å². The van der Waals surface area contributed by atoms with Gasteiger partial charge in [0.05, 0.1) is 7.11 Å². The highest BCUT2D eigenvalue weighted by atomic mass is 19.2. The molecule has 0 saturated heterocycles. The quantitative estimate of drug-likeness (QED) is 0.632. The smallest absolute Gasteiger partial charge is 0.327 e. The summed E-state index contributed by atoms with van der Waals surface area (Å²) in [5.74, 6) is -2.74. The second-order valence-corrected chi connectivity index (χ2v) is 3.30. The van der Waals surface area contributed by atoms with Crippen molar-refractivity contribution in [1.82, 2.24) is 5.32 Å². The highest BCUT2D eigenvalue weighted by molar-refractivity contribution is 5.77. The van der Waals surface area contributed by atoms with Crippen LogP contribution in [0, 0.1) is 11.6 Å². The second-order valence-electron chi connectivity index (χ2n) is 3.30. The zero-order chi connectivity index (χ0) is 12.8. The molecule has 0 fully saturated rings. The van der Waals surface area contributed by atoms with E-state index < -0.39 is 23.6 Å². The summed E-state index contributed by atoms with van der Waals surface area (Å²) in [6, 6.07) is 2.60. The van der Waals surface area contributed by atoms with Crippen LogP contribution < -0.4 is 5.32 Å². The van der Waals surface area contributed by atoms with Crippen molar-refractivity contribution in [2.24, 2.45) is 0 Å². The predicted octanol–water partition coefficient (Wildman–Crippen LogP) is 1.95. The summed E-state index contributed by atoms with van der Waals surface area (Å²) in [5, 5.41) is 2.71. The Morgan fingerprint density at radius 2 is 2.29 bits per heavy atom. The standard InChI is InChI=1S/C12H13F2NO2/c1-3-7-15-11(12(16)17-2)8-5-4-6-9(13)10(8)14/h3-6,11,15H,1,7H2,2H3. The van der Waals surface area contributed by atoms with E-state index in [4.69, 9.17) is 0 Å². The summed E-state index contributed by atoms with van der Waals surface area (Å²) in [6.45, 7) is 3.74. The third kappa shape index (κ3) is 3.10. The number of esters is 1. The predicted molar refractivity (Wildman–Crippen MR) is 59.3 cm³/mol. The molecule has 0 heterocycles. The van der Waals surface area contributed by atoms with Crippen LogP contribution in [0.15, 0.2) is 30.9 Å². The average Bonchev–Trinajstić information content (AvgIpc) is 2.34. The normalized spacial score (nSPS) is 11.9. The number of hydrogen-bond acceptors (Lipinski definition) is 3. The van der Waals surface area contributed by atoms with Gasteiger partial charge in [-0.05, 0) is 6.07 Å². The molecule has 5 heteroatoms. The Labute approximate surface area is 98.1 Å². The van der Waals surface area contributed by atoms with E-state index in [2.05, 4.69) is 16.6 Å². The lowest BCUT2D eigenvalue weighted by atomic mass is 10.1. The molecule has 0 radical (unpaired) electrons. The fourth-order valence-electron chi connectivity index (χ4n) is 1.38. The van der Waals surface area contributed by atoms with Gasteiger partial charge in [-0.1, -0.05) is 18.2 Å². The number of methoxy groups -OCH3 is 1. The molecular weight excluding hydrogens is 228 g/mol. The van der Waals surface area contributed by atoms with Crippen LogP contribution in [0.5, 0.6) is 0 Å². The largest absolute Gasteiger partial charge is 0.468 e. The van der Waals surface area contributed by atoms with E-state index in [1.165, 1.54) is 25.3 Å². The third-order valence-corrected chi connectivity index (χ3v) is 2.20. The highest BCUT2D eigenvalue weighted by Gasteiger charge is 2.24. The van der Waals surface area contributed by atoms with Gasteiger partial charge in [-0.25, -0.2) is 13.6 Å². The van der Waals surface area contributed by atoms with E-state index in [1.807, 2.05) is 0 Å². The van der Waals surface area contributed by atoms with Gasteiger partial charge in [0.15, 0.2) is 11.6 Å². The molecule has 0 saturated carbocycles. The first-order valence-electron chi connectivity index (χ1n) is 4.97. The van der Waals surface area contributed by atoms with Crippen molar-refractivity contribution in [2.75, 3.05) is 13.7 Å². The molecule has 0 aliphatic rings. The number of carbonyl (C=O) groups excluding carboxylic acids is 1. The van der Waals surface area contributed by atoms with Crippen molar-refractivity contribution in [3.8, 4) is 0 Å². The summed E-state index contributed by atoms with van der Waals surface area (Å²) in [4.78, 5) is 11.5. The topological polar surface area (TPSA) is 38.3 Å². The van der Waals surface area contributed by atoms with Crippen molar-refractivity contribution in [3.05, 3.63) is 48.1 Å². The first-order chi connectivity index (χ1) is 8.11. The number of rotatable bonds is 5. The maximum Gasteiger partial charge on any atom is 0.327 e. The molecule has 0 aliphatic heterocycles. The minimum atomic E-state index is -1.06. The van der Waals surface area contributed by atoms with Gasteiger partial charge in [0.2, 0.25) is 0 Å². The van der Waals surface area contributed by atoms with Crippen LogP contribution in [-0.4, -0.2) is 19.6 Å². The van der Waals surface area contributed by atoms with E-state index in [-0.39, 0.29) is 12.1 Å². The Balaban J connectivity index is 3.07. The summed E-state index contributed by atoms with van der Waals surface area (Å²) in [7, 11) is 1.18. The molecule has 1 atom stereocenters. The molecule has 0 aromatic heterocycles. The summed E-state index contributed by atoms with van der Waals surface area (Å²) >= 11 is 0. The Bertz CT molecular complexity index is 421. The van der Waals surface area contributed by atoms with Gasteiger partial charge in [-0.3, -0.25) is 5.32 Å². The van der Waals surface area contributed by atoms with Gasteiger partial charge < -0.3 is 4.74 Å². The molecule has 17 heavy (non-hydrogen) atoms. The molecule has 1 rings (SSSR count). The fraction of sp³-hybridized carbons (Fsp3) is 0.250. The molecule has 0 bridgehead atoms. The van der Waals surface area contributed by atoms with Crippen LogP contribution >= 0.6 is 0 Å². The summed E-state index contributed by atoms with van der Waals surface area (Å²) in [5.41, 5.74) is -0.0845. The van der Waals surface area contributed by atoms with E-state index in [0.29, 0.717) is 0 Å². The summed E-state index contributed by atoms with van der Waals surface area (Å²) < 4.78 is 31.1. The van der Waals surface area contributed by atoms with Crippen LogP contribution in [0.3, 0.4) is 0 Å². The molecule has 1 aromatic rings. The molecule has 1 aromatic carbocycles. The van der Waals surface area contributed by atoms with Crippen molar-refractivity contribution in [1.29, 1.82) is 0 Å². The average molecular weight is 241 g/mol. The SMILES string of the molecule is C=CCNC(C(=O)OC)c1cccc(F)c1F. The number of carbonyl (C=O) groups is 1. The van der Waals surface area contributed by atoms with E-state index in [1.54, 1.807) is 0 Å². The zero-order valence-corrected chi connectivity index (χ0v) is 9.37. The van der Waals surface area contributed by atoms with Crippen LogP contribution in [0.1, 0.15) is 11.6 Å². The third-order valence-electron chi connectivity index (χ3n) is 2.20. The van der Waals surface area contributed by atoms with Crippen molar-refractivity contribution in [3.63, 3.8) is 0 Å². The van der Waals surface area contributed by atoms with Crippen LogP contribution in [0.25, 0.3) is 0 Å². The number of hydrogen-bond donors (Lipinski definition) is 1. The van der Waals surface area contributed by atoms with E-state index in [9.17, 15) is 13.6 Å². The van der Waals surface area contributed by atoms with Crippen LogP contribution in [0.4, 0.5) is 8.78 Å². The minimum Gasteiger partial charge on any atom is -0.468 e. The maximum absolute atomic E-state index is 13.5. The molecule has 1 unspecified atom stereocenters. The number of nitrogens with one attached hydrogen (secondary N) is 1. The molecule has 92 valence electrons.